The lowest BCUT2D eigenvalue weighted by molar-refractivity contribution is -0.00518. The van der Waals surface area contributed by atoms with Gasteiger partial charge in [-0.1, -0.05) is 137 Å². The minimum Gasteiger partial charge on any atom is -0.310 e. The van der Waals surface area contributed by atoms with Gasteiger partial charge in [-0.2, -0.15) is 0 Å². The lowest BCUT2D eigenvalue weighted by Gasteiger charge is -2.57. The van der Waals surface area contributed by atoms with E-state index in [4.69, 9.17) is 0 Å². The number of hydrogen-bond donors (Lipinski definition) is 0. The van der Waals surface area contributed by atoms with E-state index in [1.54, 1.807) is 5.56 Å². The molecule has 280 valence electrons. The van der Waals surface area contributed by atoms with Gasteiger partial charge in [-0.25, -0.2) is 0 Å². The van der Waals surface area contributed by atoms with Gasteiger partial charge in [0.2, 0.25) is 0 Å². The summed E-state index contributed by atoms with van der Waals surface area (Å²) < 4.78 is 0. The molecular formula is C56H51N. The van der Waals surface area contributed by atoms with Crippen LogP contribution in [0.2, 0.25) is 0 Å². The Morgan fingerprint density at radius 3 is 1.61 bits per heavy atom. The van der Waals surface area contributed by atoms with Gasteiger partial charge >= 0.3 is 0 Å². The normalized spacial score (nSPS) is 23.9. The number of benzene rings is 7. The van der Waals surface area contributed by atoms with Gasteiger partial charge in [0.1, 0.15) is 0 Å². The van der Waals surface area contributed by atoms with E-state index in [0.29, 0.717) is 5.41 Å². The van der Waals surface area contributed by atoms with Crippen molar-refractivity contribution < 1.29 is 0 Å². The van der Waals surface area contributed by atoms with E-state index in [1.165, 1.54) is 122 Å². The van der Waals surface area contributed by atoms with Crippen molar-refractivity contribution in [1.82, 2.24) is 0 Å². The Hall–Kier alpha value is -5.40. The summed E-state index contributed by atoms with van der Waals surface area (Å²) in [7, 11) is 0. The maximum absolute atomic E-state index is 2.51. The molecule has 4 saturated carbocycles. The largest absolute Gasteiger partial charge is 0.310 e. The van der Waals surface area contributed by atoms with Crippen LogP contribution in [0.15, 0.2) is 146 Å². The van der Waals surface area contributed by atoms with Crippen LogP contribution in [0.5, 0.6) is 0 Å². The maximum atomic E-state index is 2.51. The second kappa shape index (κ2) is 11.8. The van der Waals surface area contributed by atoms with E-state index in [0.717, 1.165) is 17.8 Å². The fraction of sp³-hybridized carbons (Fsp3) is 0.286. The Bertz CT molecular complexity index is 2740. The molecule has 0 atom stereocenters. The molecule has 0 aliphatic heterocycles. The number of fused-ring (bicyclic) bond motifs is 7. The minimum absolute atomic E-state index is 0.0826. The van der Waals surface area contributed by atoms with Crippen LogP contribution in [0.25, 0.3) is 44.2 Å². The van der Waals surface area contributed by atoms with Crippen LogP contribution >= 0.6 is 0 Å². The van der Waals surface area contributed by atoms with Crippen molar-refractivity contribution in [3.8, 4) is 33.4 Å². The zero-order valence-corrected chi connectivity index (χ0v) is 33.8. The molecule has 4 fully saturated rings. The number of rotatable bonds is 5. The summed E-state index contributed by atoms with van der Waals surface area (Å²) in [5.41, 5.74) is 19.1. The molecule has 13 rings (SSSR count). The summed E-state index contributed by atoms with van der Waals surface area (Å²) >= 11 is 0. The van der Waals surface area contributed by atoms with E-state index in [1.807, 2.05) is 0 Å². The average Bonchev–Trinajstić information content (AvgIpc) is 3.59. The lowest BCUT2D eigenvalue weighted by Crippen LogP contribution is -2.48. The molecule has 0 N–H and O–H groups in total. The van der Waals surface area contributed by atoms with Gasteiger partial charge < -0.3 is 4.90 Å². The van der Waals surface area contributed by atoms with Crippen LogP contribution in [0.4, 0.5) is 17.1 Å². The van der Waals surface area contributed by atoms with Gasteiger partial charge in [-0.3, -0.25) is 0 Å². The van der Waals surface area contributed by atoms with Gasteiger partial charge in [0.05, 0.1) is 5.69 Å². The average molecular weight is 738 g/mol. The Morgan fingerprint density at radius 2 is 0.947 bits per heavy atom. The minimum atomic E-state index is -0.151. The molecule has 0 aromatic heterocycles. The summed E-state index contributed by atoms with van der Waals surface area (Å²) in [5.74, 6) is 2.90. The first-order valence-corrected chi connectivity index (χ1v) is 21.6. The Kier molecular flexibility index (Phi) is 6.99. The Labute approximate surface area is 338 Å². The van der Waals surface area contributed by atoms with Gasteiger partial charge in [-0.15, -0.1) is 0 Å². The van der Waals surface area contributed by atoms with Crippen molar-refractivity contribution in [3.05, 3.63) is 173 Å². The highest BCUT2D eigenvalue weighted by atomic mass is 15.1. The van der Waals surface area contributed by atoms with Crippen molar-refractivity contribution in [1.29, 1.82) is 0 Å². The molecule has 6 aliphatic rings. The standard InChI is InChI=1S/C56H51N/c1-54(2)49-14-8-7-13-45(49)47-24-21-42(30-51(47)54)57(53-15-9-11-39-10-5-6-12-44(39)53)43-22-25-48-46-23-18-40(29-50(46)55(3,4)52(48)31-43)38-16-19-41(20-17-38)56-32-35-26-36(33-56)28-37(27-35)34-56/h5-25,29-31,35-37H,26-28,32-34H2,1-4H3. The smallest absolute Gasteiger partial charge is 0.0540 e. The quantitative estimate of drug-likeness (QED) is 0.170. The zero-order valence-electron chi connectivity index (χ0n) is 33.8. The highest BCUT2D eigenvalue weighted by molar-refractivity contribution is 6.00. The first-order chi connectivity index (χ1) is 27.7. The summed E-state index contributed by atoms with van der Waals surface area (Å²) in [6.45, 7) is 9.62. The highest BCUT2D eigenvalue weighted by Gasteiger charge is 2.51. The molecule has 0 saturated heterocycles. The Balaban J connectivity index is 0.935. The first-order valence-electron chi connectivity index (χ1n) is 21.6. The molecule has 1 nitrogen and oxygen atoms in total. The molecule has 0 radical (unpaired) electrons. The lowest BCUT2D eigenvalue weighted by atomic mass is 9.48. The fourth-order valence-corrected chi connectivity index (χ4v) is 13.2. The van der Waals surface area contributed by atoms with Crippen LogP contribution in [-0.4, -0.2) is 0 Å². The molecule has 1 heteroatoms. The van der Waals surface area contributed by atoms with Crippen molar-refractivity contribution >= 4 is 27.8 Å². The third-order valence-electron chi connectivity index (χ3n) is 15.6. The third kappa shape index (κ3) is 4.87. The van der Waals surface area contributed by atoms with E-state index < -0.39 is 0 Å². The maximum Gasteiger partial charge on any atom is 0.0540 e. The van der Waals surface area contributed by atoms with Crippen molar-refractivity contribution in [2.75, 3.05) is 4.90 Å². The predicted octanol–water partition coefficient (Wildman–Crippen LogP) is 15.1. The fourth-order valence-electron chi connectivity index (χ4n) is 13.2. The zero-order chi connectivity index (χ0) is 38.3. The molecule has 4 bridgehead atoms. The van der Waals surface area contributed by atoms with E-state index in [9.17, 15) is 0 Å². The summed E-state index contributed by atoms with van der Waals surface area (Å²) in [5, 5.41) is 2.51. The van der Waals surface area contributed by atoms with Crippen molar-refractivity contribution in [3.63, 3.8) is 0 Å². The second-order valence-electron chi connectivity index (χ2n) is 19.6. The first kappa shape index (κ1) is 33.7. The van der Waals surface area contributed by atoms with Crippen molar-refractivity contribution in [2.24, 2.45) is 17.8 Å². The topological polar surface area (TPSA) is 3.24 Å². The van der Waals surface area contributed by atoms with Crippen LogP contribution < -0.4 is 4.90 Å². The van der Waals surface area contributed by atoms with E-state index >= 15 is 0 Å². The van der Waals surface area contributed by atoms with Crippen molar-refractivity contribution in [2.45, 2.75) is 82.5 Å². The molecule has 7 aromatic carbocycles. The molecule has 0 spiro atoms. The highest BCUT2D eigenvalue weighted by Crippen LogP contribution is 2.61. The Morgan fingerprint density at radius 1 is 0.439 bits per heavy atom. The molecule has 0 amide bonds. The van der Waals surface area contributed by atoms with Gasteiger partial charge in [0.15, 0.2) is 0 Å². The van der Waals surface area contributed by atoms with Crippen LogP contribution in [0.3, 0.4) is 0 Å². The molecule has 0 unspecified atom stereocenters. The second-order valence-corrected chi connectivity index (χ2v) is 19.6. The molecular weight excluding hydrogens is 687 g/mol. The number of nitrogens with zero attached hydrogens (tertiary/aromatic N) is 1. The van der Waals surface area contributed by atoms with Crippen LogP contribution in [0.1, 0.15) is 94.0 Å². The molecule has 7 aromatic rings. The van der Waals surface area contributed by atoms with Gasteiger partial charge in [0.25, 0.3) is 0 Å². The number of hydrogen-bond acceptors (Lipinski definition) is 1. The van der Waals surface area contributed by atoms with Crippen LogP contribution in [0, 0.1) is 17.8 Å². The molecule has 6 aliphatic carbocycles. The molecule has 57 heavy (non-hydrogen) atoms. The van der Waals surface area contributed by atoms with Gasteiger partial charge in [0, 0.05) is 27.6 Å². The summed E-state index contributed by atoms with van der Waals surface area (Å²) in [6.07, 6.45) is 8.74. The third-order valence-corrected chi connectivity index (χ3v) is 15.6. The molecule has 0 heterocycles. The van der Waals surface area contributed by atoms with Crippen LogP contribution in [-0.2, 0) is 16.2 Å². The van der Waals surface area contributed by atoms with Gasteiger partial charge in [-0.05, 0) is 165 Å². The number of anilines is 3. The predicted molar refractivity (Wildman–Crippen MR) is 239 cm³/mol. The van der Waals surface area contributed by atoms with E-state index in [2.05, 4.69) is 178 Å². The van der Waals surface area contributed by atoms with E-state index in [-0.39, 0.29) is 10.8 Å². The SMILES string of the molecule is CC1(C)c2ccccc2-c2ccc(N(c3ccc4c(c3)C(C)(C)c3cc(-c5ccc(C67CC8CC(CC(C8)C6)C7)cc5)ccc3-4)c3cccc4ccccc34)cc21. The summed E-state index contributed by atoms with van der Waals surface area (Å²) in [4.78, 5) is 2.51. The summed E-state index contributed by atoms with van der Waals surface area (Å²) in [6, 6.07) is 56.0. The monoisotopic (exact) mass is 737 g/mol.